The number of hydrogen-bond donors (Lipinski definition) is 4. The van der Waals surface area contributed by atoms with Crippen molar-refractivity contribution in [3.63, 3.8) is 0 Å². The van der Waals surface area contributed by atoms with Gasteiger partial charge in [-0.2, -0.15) is 0 Å². The highest BCUT2D eigenvalue weighted by molar-refractivity contribution is 8.03. The molecule has 7 nitrogen and oxygen atoms in total. The first-order chi connectivity index (χ1) is 15.0. The summed E-state index contributed by atoms with van der Waals surface area (Å²) < 4.78 is 11.7. The number of benzene rings is 1. The van der Waals surface area contributed by atoms with Gasteiger partial charge in [0.1, 0.15) is 24.2 Å². The van der Waals surface area contributed by atoms with Crippen LogP contribution < -0.4 is 10.1 Å². The topological polar surface area (TPSA) is 108 Å². The molecule has 1 aromatic rings. The maximum absolute atomic E-state index is 11.2. The second-order valence-corrected chi connectivity index (χ2v) is 9.38. The fourth-order valence-corrected chi connectivity index (χ4v) is 5.72. The number of rotatable bonds is 7. The second kappa shape index (κ2) is 10.1. The van der Waals surface area contributed by atoms with Crippen molar-refractivity contribution in [1.29, 1.82) is 0 Å². The average molecular weight is 448 g/mol. The lowest BCUT2D eigenvalue weighted by atomic mass is 9.87. The predicted octanol–water partition coefficient (Wildman–Crippen LogP) is 2.36. The average Bonchev–Trinajstić information content (AvgIpc) is 3.31. The molecule has 2 fully saturated rings. The van der Waals surface area contributed by atoms with Gasteiger partial charge in [-0.25, -0.2) is 4.79 Å². The third kappa shape index (κ3) is 5.44. The summed E-state index contributed by atoms with van der Waals surface area (Å²) in [4.78, 5) is 11.2. The third-order valence-corrected chi connectivity index (χ3v) is 7.46. The Morgan fingerprint density at radius 3 is 2.87 bits per heavy atom. The number of hydrogen-bond acceptors (Lipinski definition) is 7. The quantitative estimate of drug-likeness (QED) is 0.472. The van der Waals surface area contributed by atoms with E-state index >= 15 is 0 Å². The lowest BCUT2D eigenvalue weighted by molar-refractivity contribution is -0.133. The van der Waals surface area contributed by atoms with E-state index in [2.05, 4.69) is 5.32 Å². The van der Waals surface area contributed by atoms with Gasteiger partial charge in [-0.3, -0.25) is 0 Å². The van der Waals surface area contributed by atoms with Gasteiger partial charge in [-0.1, -0.05) is 30.4 Å². The fourth-order valence-electron chi connectivity index (χ4n) is 4.63. The summed E-state index contributed by atoms with van der Waals surface area (Å²) in [7, 11) is 0. The lowest BCUT2D eigenvalue weighted by Gasteiger charge is -2.23. The van der Waals surface area contributed by atoms with Gasteiger partial charge in [-0.15, -0.1) is 11.8 Å². The molecule has 1 aliphatic carbocycles. The molecule has 0 bridgehead atoms. The van der Waals surface area contributed by atoms with Crippen LogP contribution in [0.2, 0.25) is 0 Å². The van der Waals surface area contributed by atoms with Gasteiger partial charge in [0.15, 0.2) is 0 Å². The molecule has 0 radical (unpaired) electrons. The Hall–Kier alpha value is -2.00. The maximum Gasteiger partial charge on any atom is 0.352 e. The minimum Gasteiger partial charge on any atom is -0.491 e. The minimum absolute atomic E-state index is 0.000740. The summed E-state index contributed by atoms with van der Waals surface area (Å²) >= 11 is 1.50. The zero-order valence-corrected chi connectivity index (χ0v) is 18.0. The number of aliphatic carboxylic acids is 1. The van der Waals surface area contributed by atoms with Gasteiger partial charge in [0.2, 0.25) is 0 Å². The normalized spacial score (nSPS) is 33.9. The molecule has 31 heavy (non-hydrogen) atoms. The highest BCUT2D eigenvalue weighted by Gasteiger charge is 2.44. The maximum atomic E-state index is 11.2. The van der Waals surface area contributed by atoms with E-state index in [1.165, 1.54) is 11.8 Å². The molecule has 4 N–H and O–H groups in total. The molecular weight excluding hydrogens is 418 g/mol. The molecule has 1 aromatic carbocycles. The van der Waals surface area contributed by atoms with Crippen molar-refractivity contribution in [2.45, 2.75) is 42.9 Å². The third-order valence-electron chi connectivity index (χ3n) is 6.29. The number of carboxylic acid groups (broad SMARTS) is 1. The molecule has 2 aliphatic heterocycles. The first-order valence-electron chi connectivity index (χ1n) is 10.7. The van der Waals surface area contributed by atoms with E-state index in [1.54, 1.807) is 11.5 Å². The lowest BCUT2D eigenvalue weighted by Crippen LogP contribution is -2.33. The SMILES string of the molecule is O=C(O)C1=CSC([C@H]2CC[C@@H]3[C@@H](/C=C/[C@@H](O)COc4ccccc4)[C@H](O)C[C@@H]3OC2)N1. The molecule has 0 aromatic heterocycles. The van der Waals surface area contributed by atoms with Gasteiger partial charge in [0.05, 0.1) is 24.2 Å². The summed E-state index contributed by atoms with van der Waals surface area (Å²) in [5, 5.41) is 34.7. The summed E-state index contributed by atoms with van der Waals surface area (Å²) in [5.41, 5.74) is 0.238. The molecule has 1 unspecified atom stereocenters. The Kier molecular flexibility index (Phi) is 7.22. The van der Waals surface area contributed by atoms with E-state index in [0.717, 1.165) is 12.8 Å². The van der Waals surface area contributed by atoms with Crippen molar-refractivity contribution in [2.75, 3.05) is 13.2 Å². The smallest absolute Gasteiger partial charge is 0.352 e. The van der Waals surface area contributed by atoms with Crippen molar-refractivity contribution in [2.24, 2.45) is 17.8 Å². The second-order valence-electron chi connectivity index (χ2n) is 8.37. The molecule has 7 atom stereocenters. The van der Waals surface area contributed by atoms with Crippen LogP contribution in [0.1, 0.15) is 19.3 Å². The van der Waals surface area contributed by atoms with E-state index in [0.29, 0.717) is 18.8 Å². The molecule has 1 saturated heterocycles. The van der Waals surface area contributed by atoms with Crippen LogP contribution in [0.3, 0.4) is 0 Å². The molecule has 0 spiro atoms. The summed E-state index contributed by atoms with van der Waals surface area (Å²) in [6, 6.07) is 9.35. The van der Waals surface area contributed by atoms with Crippen molar-refractivity contribution in [3.8, 4) is 5.75 Å². The summed E-state index contributed by atoms with van der Waals surface area (Å²) in [6.45, 7) is 0.697. The number of fused-ring (bicyclic) bond motifs is 1. The van der Waals surface area contributed by atoms with E-state index in [1.807, 2.05) is 36.4 Å². The fraction of sp³-hybridized carbons (Fsp3) is 0.522. The predicted molar refractivity (Wildman–Crippen MR) is 117 cm³/mol. The number of carbonyl (C=O) groups is 1. The minimum atomic E-state index is -0.940. The zero-order chi connectivity index (χ0) is 21.8. The zero-order valence-electron chi connectivity index (χ0n) is 17.2. The Balaban J connectivity index is 1.30. The van der Waals surface area contributed by atoms with E-state index in [4.69, 9.17) is 14.6 Å². The van der Waals surface area contributed by atoms with Crippen LogP contribution in [0, 0.1) is 17.8 Å². The number of aliphatic hydroxyl groups excluding tert-OH is 2. The number of nitrogens with one attached hydrogen (secondary N) is 1. The van der Waals surface area contributed by atoms with E-state index in [9.17, 15) is 15.0 Å². The highest BCUT2D eigenvalue weighted by Crippen LogP contribution is 2.43. The molecule has 4 rings (SSSR count). The Morgan fingerprint density at radius 2 is 2.13 bits per heavy atom. The molecule has 0 amide bonds. The molecule has 1 saturated carbocycles. The number of thioether (sulfide) groups is 1. The van der Waals surface area contributed by atoms with Gasteiger partial charge in [0, 0.05) is 23.7 Å². The number of aliphatic hydroxyl groups is 2. The number of ether oxygens (including phenoxy) is 2. The van der Waals surface area contributed by atoms with Crippen molar-refractivity contribution in [3.05, 3.63) is 53.6 Å². The Labute approximate surface area is 186 Å². The summed E-state index contributed by atoms with van der Waals surface area (Å²) in [5.74, 6) is 0.0711. The largest absolute Gasteiger partial charge is 0.491 e. The van der Waals surface area contributed by atoms with Gasteiger partial charge < -0.3 is 30.1 Å². The molecule has 2 heterocycles. The van der Waals surface area contributed by atoms with Crippen molar-refractivity contribution >= 4 is 17.7 Å². The van der Waals surface area contributed by atoms with Crippen molar-refractivity contribution in [1.82, 2.24) is 5.32 Å². The van der Waals surface area contributed by atoms with Crippen LogP contribution in [-0.4, -0.2) is 58.2 Å². The Morgan fingerprint density at radius 1 is 1.32 bits per heavy atom. The molecule has 3 aliphatic rings. The van der Waals surface area contributed by atoms with Crippen LogP contribution in [0.4, 0.5) is 0 Å². The highest BCUT2D eigenvalue weighted by atomic mass is 32.2. The first kappa shape index (κ1) is 22.2. The number of para-hydroxylation sites is 1. The number of carboxylic acids is 1. The van der Waals surface area contributed by atoms with Crippen LogP contribution in [-0.2, 0) is 9.53 Å². The first-order valence-corrected chi connectivity index (χ1v) is 11.6. The van der Waals surface area contributed by atoms with Crippen molar-refractivity contribution < 1.29 is 29.6 Å². The van der Waals surface area contributed by atoms with Gasteiger partial charge >= 0.3 is 5.97 Å². The Bertz CT molecular complexity index is 816. The summed E-state index contributed by atoms with van der Waals surface area (Å²) in [6.07, 6.45) is 4.69. The van der Waals surface area contributed by atoms with E-state index < -0.39 is 18.2 Å². The molecule has 168 valence electrons. The standard InChI is InChI=1S/C23H29NO6S/c25-15(12-29-16-4-2-1-3-5-16)7-9-17-18-8-6-14(11-30-21(18)10-20(17)26)22-24-19(13-31-22)23(27)28/h1-5,7,9,13-15,17-18,20-22,24-26H,6,8,10-12H2,(H,27,28)/b9-7+/t14-,15+,17+,18+,20+,21-,22?/m0/s1. The molecule has 8 heteroatoms. The van der Waals surface area contributed by atoms with Gasteiger partial charge in [0.25, 0.3) is 0 Å². The van der Waals surface area contributed by atoms with Crippen LogP contribution in [0.15, 0.2) is 53.6 Å². The van der Waals surface area contributed by atoms with Crippen LogP contribution in [0.25, 0.3) is 0 Å². The van der Waals surface area contributed by atoms with Crippen LogP contribution >= 0.6 is 11.8 Å². The van der Waals surface area contributed by atoms with Crippen LogP contribution in [0.5, 0.6) is 5.75 Å². The van der Waals surface area contributed by atoms with E-state index in [-0.39, 0.29) is 41.5 Å². The monoisotopic (exact) mass is 447 g/mol. The van der Waals surface area contributed by atoms with Gasteiger partial charge in [-0.05, 0) is 30.9 Å². The molecular formula is C23H29NO6S.